The van der Waals surface area contributed by atoms with E-state index >= 15 is 0 Å². The minimum Gasteiger partial charge on any atom is -0.354 e. The van der Waals surface area contributed by atoms with Crippen LogP contribution < -0.4 is 10.6 Å². The van der Waals surface area contributed by atoms with Gasteiger partial charge in [0, 0.05) is 37.9 Å². The first kappa shape index (κ1) is 12.3. The highest BCUT2D eigenvalue weighted by molar-refractivity contribution is 5.40. The van der Waals surface area contributed by atoms with Crippen LogP contribution >= 0.6 is 0 Å². The molecule has 17 heavy (non-hydrogen) atoms. The molecule has 1 aliphatic rings. The van der Waals surface area contributed by atoms with Crippen LogP contribution in [0, 0.1) is 0 Å². The number of piperazine rings is 1. The third-order valence-electron chi connectivity index (χ3n) is 3.73. The lowest BCUT2D eigenvalue weighted by molar-refractivity contribution is 0.169. The molecule has 1 saturated heterocycles. The van der Waals surface area contributed by atoms with Gasteiger partial charge in [-0.3, -0.25) is 4.90 Å². The molecule has 0 saturated carbocycles. The molecule has 0 radical (unpaired) electrons. The highest BCUT2D eigenvalue weighted by Gasteiger charge is 2.26. The Morgan fingerprint density at radius 3 is 2.41 bits per heavy atom. The van der Waals surface area contributed by atoms with Gasteiger partial charge in [-0.2, -0.15) is 0 Å². The molecule has 2 heterocycles. The largest absolute Gasteiger partial charge is 0.354 e. The summed E-state index contributed by atoms with van der Waals surface area (Å²) in [5.74, 6) is 1.06. The van der Waals surface area contributed by atoms with Crippen molar-refractivity contribution in [3.05, 3.63) is 23.9 Å². The molecule has 0 aliphatic carbocycles. The summed E-state index contributed by atoms with van der Waals surface area (Å²) in [5, 5.41) is 0. The molecule has 0 bridgehead atoms. The zero-order chi connectivity index (χ0) is 12.4. The van der Waals surface area contributed by atoms with Gasteiger partial charge in [0.05, 0.1) is 0 Å². The Bertz CT molecular complexity index is 350. The molecular formula is C13H22N4. The number of rotatable bonds is 2. The standard InChI is InChI=1S/C13H22N4/c1-10-8-17(9-11(2)16(10)3)13-5-4-12(6-14)7-15-13/h4-5,7,10-11H,6,8-9,14H2,1-3H3. The predicted octanol–water partition coefficient (Wildman–Crippen LogP) is 1.07. The van der Waals surface area contributed by atoms with Gasteiger partial charge in [-0.05, 0) is 32.5 Å². The van der Waals surface area contributed by atoms with Gasteiger partial charge in [-0.15, -0.1) is 0 Å². The first-order chi connectivity index (χ1) is 8.11. The molecular weight excluding hydrogens is 212 g/mol. The fraction of sp³-hybridized carbons (Fsp3) is 0.615. The van der Waals surface area contributed by atoms with Gasteiger partial charge in [0.25, 0.3) is 0 Å². The topological polar surface area (TPSA) is 45.4 Å². The number of hydrogen-bond acceptors (Lipinski definition) is 4. The molecule has 0 amide bonds. The van der Waals surface area contributed by atoms with E-state index < -0.39 is 0 Å². The van der Waals surface area contributed by atoms with Gasteiger partial charge in [-0.1, -0.05) is 6.07 Å². The average Bonchev–Trinajstić information content (AvgIpc) is 2.35. The van der Waals surface area contributed by atoms with E-state index in [1.807, 2.05) is 6.20 Å². The van der Waals surface area contributed by atoms with Crippen molar-refractivity contribution in [3.63, 3.8) is 0 Å². The summed E-state index contributed by atoms with van der Waals surface area (Å²) in [7, 11) is 2.19. The van der Waals surface area contributed by atoms with E-state index in [1.54, 1.807) is 0 Å². The van der Waals surface area contributed by atoms with E-state index in [9.17, 15) is 0 Å². The molecule has 4 nitrogen and oxygen atoms in total. The lowest BCUT2D eigenvalue weighted by Gasteiger charge is -2.43. The van der Waals surface area contributed by atoms with Crippen molar-refractivity contribution in [1.29, 1.82) is 0 Å². The predicted molar refractivity (Wildman–Crippen MR) is 71.0 cm³/mol. The summed E-state index contributed by atoms with van der Waals surface area (Å²) in [6, 6.07) is 5.27. The molecule has 0 aromatic carbocycles. The molecule has 2 unspecified atom stereocenters. The van der Waals surface area contributed by atoms with Crippen LogP contribution in [0.25, 0.3) is 0 Å². The number of aromatic nitrogens is 1. The summed E-state index contributed by atoms with van der Waals surface area (Å²) in [5.41, 5.74) is 6.67. The number of nitrogens with two attached hydrogens (primary N) is 1. The Morgan fingerprint density at radius 1 is 1.29 bits per heavy atom. The second kappa shape index (κ2) is 5.02. The lowest BCUT2D eigenvalue weighted by Crippen LogP contribution is -2.55. The van der Waals surface area contributed by atoms with Crippen molar-refractivity contribution in [2.75, 3.05) is 25.0 Å². The number of likely N-dealkylation sites (N-methyl/N-ethyl adjacent to an activating group) is 1. The minimum atomic E-state index is 0.558. The summed E-state index contributed by atoms with van der Waals surface area (Å²) >= 11 is 0. The van der Waals surface area contributed by atoms with Gasteiger partial charge in [0.1, 0.15) is 5.82 Å². The van der Waals surface area contributed by atoms with Crippen LogP contribution in [0.1, 0.15) is 19.4 Å². The second-order valence-corrected chi connectivity index (χ2v) is 5.00. The van der Waals surface area contributed by atoms with Crippen molar-refractivity contribution < 1.29 is 0 Å². The van der Waals surface area contributed by atoms with E-state index in [4.69, 9.17) is 5.73 Å². The maximum absolute atomic E-state index is 5.58. The number of hydrogen-bond donors (Lipinski definition) is 1. The van der Waals surface area contributed by atoms with Crippen LogP contribution in [0.4, 0.5) is 5.82 Å². The Hall–Kier alpha value is -1.13. The maximum Gasteiger partial charge on any atom is 0.128 e. The van der Waals surface area contributed by atoms with E-state index in [0.29, 0.717) is 18.6 Å². The molecule has 4 heteroatoms. The first-order valence-electron chi connectivity index (χ1n) is 6.23. The SMILES string of the molecule is CC1CN(c2ccc(CN)cn2)CC(C)N1C. The fourth-order valence-corrected chi connectivity index (χ4v) is 2.32. The minimum absolute atomic E-state index is 0.558. The van der Waals surface area contributed by atoms with Gasteiger partial charge < -0.3 is 10.6 Å². The molecule has 1 aliphatic heterocycles. The summed E-state index contributed by atoms with van der Waals surface area (Å²) in [6.07, 6.45) is 1.88. The quantitative estimate of drug-likeness (QED) is 0.831. The molecule has 2 atom stereocenters. The summed E-state index contributed by atoms with van der Waals surface area (Å²) < 4.78 is 0. The molecule has 1 aromatic rings. The van der Waals surface area contributed by atoms with E-state index in [-0.39, 0.29) is 0 Å². The fourth-order valence-electron chi connectivity index (χ4n) is 2.32. The first-order valence-corrected chi connectivity index (χ1v) is 6.23. The van der Waals surface area contributed by atoms with Gasteiger partial charge in [0.2, 0.25) is 0 Å². The Kier molecular flexibility index (Phi) is 3.64. The van der Waals surface area contributed by atoms with Crippen LogP contribution in [0.5, 0.6) is 0 Å². The van der Waals surface area contributed by atoms with Gasteiger partial charge in [-0.25, -0.2) is 4.98 Å². The number of nitrogens with zero attached hydrogens (tertiary/aromatic N) is 3. The molecule has 94 valence electrons. The summed E-state index contributed by atoms with van der Waals surface area (Å²) in [6.45, 7) is 7.16. The van der Waals surface area contributed by atoms with Crippen LogP contribution in [0.15, 0.2) is 18.3 Å². The van der Waals surface area contributed by atoms with Gasteiger partial charge in [0.15, 0.2) is 0 Å². The van der Waals surface area contributed by atoms with E-state index in [0.717, 1.165) is 24.5 Å². The molecule has 0 spiro atoms. The van der Waals surface area contributed by atoms with Crippen molar-refractivity contribution in [3.8, 4) is 0 Å². The van der Waals surface area contributed by atoms with Crippen LogP contribution in [0.2, 0.25) is 0 Å². The highest BCUT2D eigenvalue weighted by Crippen LogP contribution is 2.19. The maximum atomic E-state index is 5.58. The third-order valence-corrected chi connectivity index (χ3v) is 3.73. The van der Waals surface area contributed by atoms with Crippen molar-refractivity contribution in [1.82, 2.24) is 9.88 Å². The summed E-state index contributed by atoms with van der Waals surface area (Å²) in [4.78, 5) is 9.27. The molecule has 1 aromatic heterocycles. The molecule has 2 rings (SSSR count). The zero-order valence-corrected chi connectivity index (χ0v) is 10.9. The van der Waals surface area contributed by atoms with Crippen LogP contribution in [-0.2, 0) is 6.54 Å². The lowest BCUT2D eigenvalue weighted by atomic mass is 10.1. The highest BCUT2D eigenvalue weighted by atomic mass is 15.3. The average molecular weight is 234 g/mol. The van der Waals surface area contributed by atoms with E-state index in [1.165, 1.54) is 0 Å². The molecule has 1 fully saturated rings. The Morgan fingerprint density at radius 2 is 1.94 bits per heavy atom. The monoisotopic (exact) mass is 234 g/mol. The number of pyridine rings is 1. The van der Waals surface area contributed by atoms with Gasteiger partial charge >= 0.3 is 0 Å². The van der Waals surface area contributed by atoms with Crippen molar-refractivity contribution >= 4 is 5.82 Å². The molecule has 2 N–H and O–H groups in total. The van der Waals surface area contributed by atoms with Crippen LogP contribution in [0.3, 0.4) is 0 Å². The second-order valence-electron chi connectivity index (χ2n) is 5.00. The van der Waals surface area contributed by atoms with Crippen molar-refractivity contribution in [2.24, 2.45) is 5.73 Å². The Balaban J connectivity index is 2.11. The van der Waals surface area contributed by atoms with Crippen molar-refractivity contribution in [2.45, 2.75) is 32.5 Å². The Labute approximate surface area is 103 Å². The number of anilines is 1. The third kappa shape index (κ3) is 2.58. The van der Waals surface area contributed by atoms with E-state index in [2.05, 4.69) is 47.8 Å². The smallest absolute Gasteiger partial charge is 0.128 e. The van der Waals surface area contributed by atoms with Crippen LogP contribution in [-0.4, -0.2) is 42.1 Å². The zero-order valence-electron chi connectivity index (χ0n) is 10.9. The normalized spacial score (nSPS) is 26.2.